The highest BCUT2D eigenvalue weighted by molar-refractivity contribution is 5.46. The number of nitro benzene ring substituents is 2. The summed E-state index contributed by atoms with van der Waals surface area (Å²) in [6.45, 7) is -0.527. The van der Waals surface area contributed by atoms with E-state index in [-0.39, 0.29) is 42.7 Å². The third-order valence-corrected chi connectivity index (χ3v) is 7.97. The van der Waals surface area contributed by atoms with Crippen molar-refractivity contribution in [3.63, 3.8) is 0 Å². The summed E-state index contributed by atoms with van der Waals surface area (Å²) in [5.41, 5.74) is -0.433. The molecule has 260 valence electrons. The summed E-state index contributed by atoms with van der Waals surface area (Å²) in [4.78, 5) is 22.0. The molecule has 0 aromatic heterocycles. The van der Waals surface area contributed by atoms with E-state index in [0.29, 0.717) is 0 Å². The van der Waals surface area contributed by atoms with Gasteiger partial charge in [0.05, 0.1) is 9.85 Å². The van der Waals surface area contributed by atoms with Gasteiger partial charge in [-0.1, -0.05) is 24.3 Å². The summed E-state index contributed by atoms with van der Waals surface area (Å²) in [7, 11) is 8.72. The van der Waals surface area contributed by atoms with Crippen molar-refractivity contribution in [2.24, 2.45) is 0 Å². The van der Waals surface area contributed by atoms with Crippen LogP contribution in [0.15, 0.2) is 48.5 Å². The predicted molar refractivity (Wildman–Crippen MR) is 160 cm³/mol. The molecule has 0 radical (unpaired) electrons. The molecule has 2 saturated heterocycles. The third kappa shape index (κ3) is 7.80. The van der Waals surface area contributed by atoms with Crippen LogP contribution in [0.4, 0.5) is 11.4 Å². The van der Waals surface area contributed by atoms with Crippen molar-refractivity contribution in [3.8, 4) is 11.5 Å². The Hall–Kier alpha value is -3.52. The van der Waals surface area contributed by atoms with Crippen molar-refractivity contribution in [2.75, 3.05) is 62.5 Å². The van der Waals surface area contributed by atoms with Crippen LogP contribution in [0.25, 0.3) is 0 Å². The molecule has 0 unspecified atom stereocenters. The number of ether oxygens (including phenoxy) is 11. The maximum absolute atomic E-state index is 11.6. The van der Waals surface area contributed by atoms with Crippen LogP contribution in [0.3, 0.4) is 0 Å². The summed E-state index contributed by atoms with van der Waals surface area (Å²) >= 11 is 0. The maximum Gasteiger partial charge on any atom is 0.310 e. The van der Waals surface area contributed by atoms with Crippen molar-refractivity contribution in [2.45, 2.75) is 54.8 Å². The second-order valence-corrected chi connectivity index (χ2v) is 10.6. The van der Waals surface area contributed by atoms with Crippen molar-refractivity contribution in [3.05, 3.63) is 68.8 Å². The van der Waals surface area contributed by atoms with E-state index < -0.39 is 64.7 Å². The topological polar surface area (TPSA) is 188 Å². The van der Waals surface area contributed by atoms with E-state index in [1.165, 1.54) is 79.1 Å². The van der Waals surface area contributed by atoms with Gasteiger partial charge in [-0.15, -0.1) is 0 Å². The molecular weight excluding hydrogens is 628 g/mol. The van der Waals surface area contributed by atoms with Crippen LogP contribution in [-0.4, -0.2) is 127 Å². The van der Waals surface area contributed by atoms with Gasteiger partial charge in [0.15, 0.2) is 17.8 Å². The minimum Gasteiger partial charge on any atom is -0.484 e. The van der Waals surface area contributed by atoms with Gasteiger partial charge in [0.25, 0.3) is 0 Å². The summed E-state index contributed by atoms with van der Waals surface area (Å²) in [5, 5.41) is 23.1. The highest BCUT2D eigenvalue weighted by Gasteiger charge is 2.61. The summed E-state index contributed by atoms with van der Waals surface area (Å²) in [6.07, 6.45) is -7.04. The molecule has 2 aromatic rings. The van der Waals surface area contributed by atoms with Crippen LogP contribution in [0, 0.1) is 20.2 Å². The lowest BCUT2D eigenvalue weighted by Crippen LogP contribution is -2.64. The van der Waals surface area contributed by atoms with Gasteiger partial charge in [0, 0.05) is 54.8 Å². The van der Waals surface area contributed by atoms with Gasteiger partial charge in [0.2, 0.25) is 5.79 Å². The molecule has 0 aliphatic carbocycles. The highest BCUT2D eigenvalue weighted by Crippen LogP contribution is 2.41. The smallest absolute Gasteiger partial charge is 0.310 e. The monoisotopic (exact) mass is 668 g/mol. The molecule has 17 heteroatoms. The number of methoxy groups -OCH3 is 6. The Morgan fingerprint density at radius 3 is 1.66 bits per heavy atom. The lowest BCUT2D eigenvalue weighted by atomic mass is 9.98. The van der Waals surface area contributed by atoms with E-state index in [4.69, 9.17) is 52.1 Å². The van der Waals surface area contributed by atoms with Crippen molar-refractivity contribution in [1.82, 2.24) is 0 Å². The largest absolute Gasteiger partial charge is 0.484 e. The average Bonchev–Trinajstić information content (AvgIpc) is 3.37. The molecule has 2 fully saturated rings. The molecule has 0 saturated carbocycles. The summed E-state index contributed by atoms with van der Waals surface area (Å²) < 4.78 is 65.5. The SMILES string of the molecule is COC[C@@]1(O[C@H]2O[C@H](COc3ccccc3[N+](=O)[O-])[C@@H](OC)[C@H](OC)[C@H]2OC)O[C@H](COc2ccccc2[N+](=O)[O-])[C@@H](OC)[C@@H]1OC. The lowest BCUT2D eigenvalue weighted by molar-refractivity contribution is -0.390. The number of rotatable bonds is 17. The molecule has 4 rings (SSSR count). The van der Waals surface area contributed by atoms with Gasteiger partial charge in [0.1, 0.15) is 62.5 Å². The minimum absolute atomic E-state index is 0.0371. The van der Waals surface area contributed by atoms with E-state index in [1.54, 1.807) is 12.1 Å². The minimum atomic E-state index is -1.68. The average molecular weight is 669 g/mol. The maximum atomic E-state index is 11.6. The number of benzene rings is 2. The zero-order valence-electron chi connectivity index (χ0n) is 26.9. The van der Waals surface area contributed by atoms with Crippen LogP contribution in [0.5, 0.6) is 11.5 Å². The summed E-state index contributed by atoms with van der Waals surface area (Å²) in [6, 6.07) is 11.9. The molecule has 0 spiro atoms. The number of hydrogen-bond acceptors (Lipinski definition) is 15. The van der Waals surface area contributed by atoms with Crippen LogP contribution < -0.4 is 9.47 Å². The lowest BCUT2D eigenvalue weighted by Gasteiger charge is -2.47. The number of hydrogen-bond donors (Lipinski definition) is 0. The molecule has 0 N–H and O–H groups in total. The van der Waals surface area contributed by atoms with Crippen molar-refractivity contribution in [1.29, 1.82) is 0 Å². The van der Waals surface area contributed by atoms with Gasteiger partial charge < -0.3 is 52.1 Å². The number of para-hydroxylation sites is 4. The molecule has 9 atom stereocenters. The first-order valence-electron chi connectivity index (χ1n) is 14.5. The number of nitro groups is 2. The Kier molecular flexibility index (Phi) is 12.8. The Morgan fingerprint density at radius 2 is 1.19 bits per heavy atom. The molecule has 2 aromatic carbocycles. The fourth-order valence-corrected chi connectivity index (χ4v) is 5.91. The molecule has 47 heavy (non-hydrogen) atoms. The Labute approximate surface area is 271 Å². The highest BCUT2D eigenvalue weighted by atomic mass is 16.8. The molecular formula is C30H40N2O15. The van der Waals surface area contributed by atoms with E-state index in [0.717, 1.165) is 0 Å². The van der Waals surface area contributed by atoms with Crippen molar-refractivity contribution >= 4 is 11.4 Å². The molecule has 0 amide bonds. The van der Waals surface area contributed by atoms with Gasteiger partial charge in [-0.05, 0) is 12.1 Å². The van der Waals surface area contributed by atoms with E-state index in [1.807, 2.05) is 0 Å². The van der Waals surface area contributed by atoms with E-state index >= 15 is 0 Å². The van der Waals surface area contributed by atoms with Gasteiger partial charge in [-0.25, -0.2) is 0 Å². The molecule has 0 bridgehead atoms. The first-order valence-corrected chi connectivity index (χ1v) is 14.5. The quantitative estimate of drug-likeness (QED) is 0.177. The van der Waals surface area contributed by atoms with Gasteiger partial charge >= 0.3 is 11.4 Å². The second kappa shape index (κ2) is 16.5. The van der Waals surface area contributed by atoms with E-state index in [2.05, 4.69) is 0 Å². The Balaban J connectivity index is 1.62. The van der Waals surface area contributed by atoms with Crippen LogP contribution in [0.1, 0.15) is 0 Å². The molecule has 2 heterocycles. The van der Waals surface area contributed by atoms with Crippen molar-refractivity contribution < 1.29 is 62.0 Å². The number of nitrogens with zero attached hydrogens (tertiary/aromatic N) is 2. The zero-order valence-corrected chi connectivity index (χ0v) is 26.9. The van der Waals surface area contributed by atoms with Crippen LogP contribution in [-0.2, 0) is 42.6 Å². The van der Waals surface area contributed by atoms with Crippen LogP contribution >= 0.6 is 0 Å². The fourth-order valence-electron chi connectivity index (χ4n) is 5.91. The van der Waals surface area contributed by atoms with E-state index in [9.17, 15) is 20.2 Å². The molecule has 17 nitrogen and oxygen atoms in total. The Bertz CT molecular complexity index is 1330. The van der Waals surface area contributed by atoms with Crippen LogP contribution in [0.2, 0.25) is 0 Å². The Morgan fingerprint density at radius 1 is 0.681 bits per heavy atom. The zero-order chi connectivity index (χ0) is 34.1. The molecule has 2 aliphatic rings. The van der Waals surface area contributed by atoms with Gasteiger partial charge in [-0.3, -0.25) is 20.2 Å². The first kappa shape index (κ1) is 36.3. The second-order valence-electron chi connectivity index (χ2n) is 10.6. The predicted octanol–water partition coefficient (Wildman–Crippen LogP) is 2.52. The van der Waals surface area contributed by atoms with Gasteiger partial charge in [-0.2, -0.15) is 0 Å². The normalized spacial score (nSPS) is 30.6. The summed E-state index contributed by atoms with van der Waals surface area (Å²) in [5.74, 6) is -1.60. The molecule has 2 aliphatic heterocycles. The first-order chi connectivity index (χ1) is 22.7. The third-order valence-electron chi connectivity index (χ3n) is 7.97. The fraction of sp³-hybridized carbons (Fsp3) is 0.600. The standard InChI is InChI=1S/C30H40N2O15/c1-37-17-30(28(42-6)25(39-3)23(46-30)16-44-21-14-10-8-12-19(21)32(35)36)47-29-27(41-5)26(40-4)24(38-2)22(45-29)15-43-20-13-9-7-11-18(20)31(33)34/h7-14,22-29H,15-17H2,1-6H3/t22-,23-,24-,25-,26+,27-,28+,29-,30+/m1/s1.